The number of anilines is 1. The van der Waals surface area contributed by atoms with Crippen LogP contribution >= 0.6 is 11.6 Å². The summed E-state index contributed by atoms with van der Waals surface area (Å²) in [7, 11) is 0. The van der Waals surface area contributed by atoms with Crippen LogP contribution in [-0.4, -0.2) is 23.8 Å². The van der Waals surface area contributed by atoms with Gasteiger partial charge in [0, 0.05) is 5.02 Å². The molecule has 2 N–H and O–H groups in total. The van der Waals surface area contributed by atoms with Gasteiger partial charge in [-0.1, -0.05) is 54.1 Å². The van der Waals surface area contributed by atoms with Crippen LogP contribution in [0.2, 0.25) is 5.02 Å². The zero-order valence-electron chi connectivity index (χ0n) is 15.4. The minimum Gasteiger partial charge on any atom is -0.291 e. The van der Waals surface area contributed by atoms with Gasteiger partial charge in [-0.2, -0.15) is 0 Å². The average Bonchev–Trinajstić information content (AvgIpc) is 3.01. The van der Waals surface area contributed by atoms with Crippen LogP contribution in [0.15, 0.2) is 66.7 Å². The van der Waals surface area contributed by atoms with E-state index in [-0.39, 0.29) is 24.7 Å². The number of hydrogen-bond acceptors (Lipinski definition) is 4. The number of halogens is 1. The van der Waals surface area contributed by atoms with E-state index in [1.165, 1.54) is 0 Å². The highest BCUT2D eigenvalue weighted by Gasteiger charge is 2.39. The Hall–Kier alpha value is -3.22. The highest BCUT2D eigenvalue weighted by molar-refractivity contribution is 6.30. The van der Waals surface area contributed by atoms with Crippen LogP contribution in [0.1, 0.15) is 12.0 Å². The van der Waals surface area contributed by atoms with Gasteiger partial charge in [0.25, 0.3) is 5.91 Å². The van der Waals surface area contributed by atoms with Gasteiger partial charge in [-0.25, -0.2) is 10.3 Å². The van der Waals surface area contributed by atoms with Crippen LogP contribution in [0.3, 0.4) is 0 Å². The normalized spacial score (nSPS) is 16.4. The van der Waals surface area contributed by atoms with Gasteiger partial charge in [0.1, 0.15) is 6.04 Å². The Morgan fingerprint density at radius 2 is 1.72 bits per heavy atom. The maximum absolute atomic E-state index is 12.7. The molecule has 0 unspecified atom stereocenters. The molecule has 1 aliphatic heterocycles. The van der Waals surface area contributed by atoms with E-state index in [4.69, 9.17) is 11.6 Å². The van der Waals surface area contributed by atoms with Gasteiger partial charge in [-0.15, -0.1) is 0 Å². The van der Waals surface area contributed by atoms with Crippen molar-refractivity contribution < 1.29 is 14.4 Å². The summed E-state index contributed by atoms with van der Waals surface area (Å²) in [6, 6.07) is 19.3. The molecule has 3 aromatic carbocycles. The molecular formula is C22H18ClN3O3. The number of hydrogen-bond donors (Lipinski definition) is 2. The first-order chi connectivity index (χ1) is 14.0. The summed E-state index contributed by atoms with van der Waals surface area (Å²) in [6.45, 7) is 0. The van der Waals surface area contributed by atoms with E-state index in [0.29, 0.717) is 10.7 Å². The largest absolute Gasteiger partial charge is 0.291 e. The number of hydrazine groups is 1. The number of carbonyl (C=O) groups is 3. The predicted molar refractivity (Wildman–Crippen MR) is 111 cm³/mol. The molecule has 1 fully saturated rings. The van der Waals surface area contributed by atoms with Gasteiger partial charge in [0.15, 0.2) is 0 Å². The first-order valence-corrected chi connectivity index (χ1v) is 9.53. The molecule has 1 aliphatic rings. The lowest BCUT2D eigenvalue weighted by atomic mass is 10.1. The molecule has 146 valence electrons. The fourth-order valence-electron chi connectivity index (χ4n) is 3.33. The summed E-state index contributed by atoms with van der Waals surface area (Å²) in [6.07, 6.45) is 0.111. The van der Waals surface area contributed by atoms with Gasteiger partial charge in [0.05, 0.1) is 18.5 Å². The lowest BCUT2D eigenvalue weighted by Crippen LogP contribution is -2.48. The number of carbonyl (C=O) groups excluding carboxylic acids is 3. The van der Waals surface area contributed by atoms with Gasteiger partial charge in [-0.05, 0) is 40.6 Å². The Balaban J connectivity index is 1.41. The summed E-state index contributed by atoms with van der Waals surface area (Å²) < 4.78 is 0. The van der Waals surface area contributed by atoms with Crippen LogP contribution in [0, 0.1) is 0 Å². The minimum atomic E-state index is -0.803. The fourth-order valence-corrected chi connectivity index (χ4v) is 3.46. The molecule has 0 radical (unpaired) electrons. The van der Waals surface area contributed by atoms with Crippen LogP contribution < -0.4 is 15.8 Å². The molecule has 29 heavy (non-hydrogen) atoms. The SMILES string of the molecule is O=C(Cc1ccc(Cl)cc1)NN[C@@H]1CC(=O)N(c2ccc3ccccc3c2)C1=O. The van der Waals surface area contributed by atoms with Crippen molar-refractivity contribution in [2.45, 2.75) is 18.9 Å². The molecule has 1 atom stereocenters. The first-order valence-electron chi connectivity index (χ1n) is 9.16. The lowest BCUT2D eigenvalue weighted by molar-refractivity contribution is -0.122. The summed E-state index contributed by atoms with van der Waals surface area (Å²) >= 11 is 5.83. The highest BCUT2D eigenvalue weighted by Crippen LogP contribution is 2.26. The van der Waals surface area contributed by atoms with Crippen LogP contribution in [-0.2, 0) is 20.8 Å². The van der Waals surface area contributed by atoms with E-state index < -0.39 is 11.9 Å². The van der Waals surface area contributed by atoms with E-state index in [0.717, 1.165) is 21.2 Å². The maximum Gasteiger partial charge on any atom is 0.253 e. The van der Waals surface area contributed by atoms with Crippen molar-refractivity contribution in [1.82, 2.24) is 10.9 Å². The van der Waals surface area contributed by atoms with E-state index in [1.807, 2.05) is 36.4 Å². The molecule has 0 spiro atoms. The molecule has 6 nitrogen and oxygen atoms in total. The third-order valence-corrected chi connectivity index (χ3v) is 5.05. The zero-order valence-corrected chi connectivity index (χ0v) is 16.1. The number of nitrogens with zero attached hydrogens (tertiary/aromatic N) is 1. The van der Waals surface area contributed by atoms with Crippen molar-refractivity contribution in [3.63, 3.8) is 0 Å². The molecule has 0 aliphatic carbocycles. The number of nitrogens with one attached hydrogen (secondary N) is 2. The zero-order chi connectivity index (χ0) is 20.4. The Labute approximate surface area is 172 Å². The molecule has 0 saturated carbocycles. The Morgan fingerprint density at radius 1 is 1.00 bits per heavy atom. The minimum absolute atomic E-state index is 0.0209. The van der Waals surface area contributed by atoms with Gasteiger partial charge < -0.3 is 0 Å². The summed E-state index contributed by atoms with van der Waals surface area (Å²) in [5.74, 6) is -1.01. The summed E-state index contributed by atoms with van der Waals surface area (Å²) in [5, 5.41) is 2.56. The van der Waals surface area contributed by atoms with E-state index >= 15 is 0 Å². The Morgan fingerprint density at radius 3 is 2.48 bits per heavy atom. The van der Waals surface area contributed by atoms with Crippen molar-refractivity contribution in [3.8, 4) is 0 Å². The molecular weight excluding hydrogens is 390 g/mol. The average molecular weight is 408 g/mol. The Bertz CT molecular complexity index is 1100. The highest BCUT2D eigenvalue weighted by atomic mass is 35.5. The van der Waals surface area contributed by atoms with E-state index in [9.17, 15) is 14.4 Å². The molecule has 1 saturated heterocycles. The van der Waals surface area contributed by atoms with Crippen LogP contribution in [0.5, 0.6) is 0 Å². The van der Waals surface area contributed by atoms with Gasteiger partial charge in [-0.3, -0.25) is 19.8 Å². The second-order valence-corrected chi connectivity index (χ2v) is 7.29. The second kappa shape index (κ2) is 8.03. The predicted octanol–water partition coefficient (Wildman–Crippen LogP) is 2.99. The second-order valence-electron chi connectivity index (χ2n) is 6.85. The summed E-state index contributed by atoms with van der Waals surface area (Å²) in [4.78, 5) is 38.5. The Kier molecular flexibility index (Phi) is 5.29. The van der Waals surface area contributed by atoms with Crippen LogP contribution in [0.25, 0.3) is 10.8 Å². The number of amides is 3. The number of fused-ring (bicyclic) bond motifs is 1. The molecule has 1 heterocycles. The van der Waals surface area contributed by atoms with Crippen molar-refractivity contribution in [2.24, 2.45) is 0 Å². The van der Waals surface area contributed by atoms with E-state index in [2.05, 4.69) is 10.9 Å². The first kappa shape index (κ1) is 19.1. The van der Waals surface area contributed by atoms with Gasteiger partial charge in [0.2, 0.25) is 11.8 Å². The molecule has 0 aromatic heterocycles. The van der Waals surface area contributed by atoms with Crippen LogP contribution in [0.4, 0.5) is 5.69 Å². The number of benzene rings is 3. The van der Waals surface area contributed by atoms with Crippen molar-refractivity contribution in [3.05, 3.63) is 77.3 Å². The standard InChI is InChI=1S/C22H18ClN3O3/c23-17-8-5-14(6-9-17)11-20(27)25-24-19-13-21(28)26(22(19)29)18-10-7-15-3-1-2-4-16(15)12-18/h1-10,12,19,24H,11,13H2,(H,25,27)/t19-/m1/s1. The fraction of sp³-hybridized carbons (Fsp3) is 0.136. The summed E-state index contributed by atoms with van der Waals surface area (Å²) in [5.41, 5.74) is 6.53. The molecule has 0 bridgehead atoms. The topological polar surface area (TPSA) is 78.5 Å². The monoisotopic (exact) mass is 407 g/mol. The third kappa shape index (κ3) is 4.13. The lowest BCUT2D eigenvalue weighted by Gasteiger charge is -2.16. The van der Waals surface area contributed by atoms with Crippen molar-refractivity contribution in [2.75, 3.05) is 4.90 Å². The smallest absolute Gasteiger partial charge is 0.253 e. The quantitative estimate of drug-likeness (QED) is 0.503. The van der Waals surface area contributed by atoms with Crippen molar-refractivity contribution >= 4 is 45.8 Å². The maximum atomic E-state index is 12.7. The third-order valence-electron chi connectivity index (χ3n) is 4.80. The van der Waals surface area contributed by atoms with Gasteiger partial charge >= 0.3 is 0 Å². The molecule has 3 amide bonds. The van der Waals surface area contributed by atoms with Crippen molar-refractivity contribution in [1.29, 1.82) is 0 Å². The molecule has 7 heteroatoms. The molecule has 3 aromatic rings. The molecule has 4 rings (SSSR count). The number of imide groups is 1. The number of rotatable bonds is 5. The van der Waals surface area contributed by atoms with E-state index in [1.54, 1.807) is 30.3 Å².